The van der Waals surface area contributed by atoms with E-state index >= 15 is 0 Å². The Balaban J connectivity index is 0.000000758. The largest absolute Gasteiger partial charge is 0.483 e. The Morgan fingerprint density at radius 1 is 1.27 bits per heavy atom. The zero-order chi connectivity index (χ0) is 18.6. The van der Waals surface area contributed by atoms with Crippen LogP contribution >= 0.6 is 11.8 Å². The molecular weight excluding hydrogens is 350 g/mol. The number of nitrogens with zero attached hydrogens (tertiary/aromatic N) is 3. The first kappa shape index (κ1) is 20.7. The summed E-state index contributed by atoms with van der Waals surface area (Å²) in [5.74, 6) is 2.90. The van der Waals surface area contributed by atoms with Crippen molar-refractivity contribution in [3.63, 3.8) is 0 Å². The van der Waals surface area contributed by atoms with E-state index in [9.17, 15) is 4.79 Å². The van der Waals surface area contributed by atoms with Crippen LogP contribution in [0.1, 0.15) is 31.2 Å². The van der Waals surface area contributed by atoms with E-state index in [0.29, 0.717) is 12.3 Å². The lowest BCUT2D eigenvalue weighted by Gasteiger charge is -2.33. The smallest absolute Gasteiger partial charge is 0.290 e. The number of pyridine rings is 1. The molecule has 7 heteroatoms. The van der Waals surface area contributed by atoms with Crippen molar-refractivity contribution in [1.29, 1.82) is 0 Å². The monoisotopic (exact) mass is 379 g/mol. The van der Waals surface area contributed by atoms with E-state index in [1.807, 2.05) is 18.3 Å². The molecule has 0 aliphatic carbocycles. The quantitative estimate of drug-likeness (QED) is 0.808. The third-order valence-electron chi connectivity index (χ3n) is 4.94. The Morgan fingerprint density at radius 3 is 2.73 bits per heavy atom. The molecule has 2 fully saturated rings. The number of hydrogen-bond donors (Lipinski definition) is 1. The molecule has 144 valence electrons. The third-order valence-corrected chi connectivity index (χ3v) is 5.99. The number of aryl methyl sites for hydroxylation is 1. The second-order valence-electron chi connectivity index (χ2n) is 6.58. The second kappa shape index (κ2) is 11.9. The van der Waals surface area contributed by atoms with Crippen molar-refractivity contribution in [2.75, 3.05) is 37.7 Å². The molecule has 2 aliphatic heterocycles. The van der Waals surface area contributed by atoms with Crippen LogP contribution < -0.4 is 0 Å². The van der Waals surface area contributed by atoms with Gasteiger partial charge in [-0.25, -0.2) is 0 Å². The van der Waals surface area contributed by atoms with Crippen molar-refractivity contribution in [2.45, 2.75) is 38.1 Å². The molecule has 2 saturated heterocycles. The van der Waals surface area contributed by atoms with E-state index in [4.69, 9.17) is 9.90 Å². The molecule has 26 heavy (non-hydrogen) atoms. The Hall–Kier alpha value is -1.60. The molecule has 1 amide bonds. The summed E-state index contributed by atoms with van der Waals surface area (Å²) in [6.45, 7) is 3.77. The lowest BCUT2D eigenvalue weighted by molar-refractivity contribution is -0.131. The van der Waals surface area contributed by atoms with Crippen LogP contribution in [0.2, 0.25) is 0 Å². The maximum absolute atomic E-state index is 12.5. The van der Waals surface area contributed by atoms with Crippen LogP contribution in [0.3, 0.4) is 0 Å². The summed E-state index contributed by atoms with van der Waals surface area (Å²) >= 11 is 2.08. The van der Waals surface area contributed by atoms with Gasteiger partial charge >= 0.3 is 0 Å². The summed E-state index contributed by atoms with van der Waals surface area (Å²) in [6, 6.07) is 4.74. The summed E-state index contributed by atoms with van der Waals surface area (Å²) in [4.78, 5) is 29.7. The fourth-order valence-corrected chi connectivity index (χ4v) is 4.64. The SMILES string of the molecule is O=C(CCc1cccnc1)N1CCCN(C2CCSCC2)CC1.O=CO. The van der Waals surface area contributed by atoms with E-state index in [2.05, 4.69) is 26.5 Å². The van der Waals surface area contributed by atoms with Gasteiger partial charge in [-0.3, -0.25) is 19.5 Å². The highest BCUT2D eigenvalue weighted by molar-refractivity contribution is 7.99. The molecule has 0 radical (unpaired) electrons. The van der Waals surface area contributed by atoms with Gasteiger partial charge in [0.05, 0.1) is 0 Å². The highest BCUT2D eigenvalue weighted by atomic mass is 32.2. The van der Waals surface area contributed by atoms with Gasteiger partial charge in [-0.2, -0.15) is 11.8 Å². The van der Waals surface area contributed by atoms with Gasteiger partial charge in [0, 0.05) is 51.0 Å². The maximum atomic E-state index is 12.5. The summed E-state index contributed by atoms with van der Waals surface area (Å²) in [6.07, 6.45) is 8.79. The van der Waals surface area contributed by atoms with Crippen molar-refractivity contribution < 1.29 is 14.7 Å². The van der Waals surface area contributed by atoms with Crippen LogP contribution in [0.25, 0.3) is 0 Å². The molecule has 0 saturated carbocycles. The first-order valence-electron chi connectivity index (χ1n) is 9.31. The molecule has 0 spiro atoms. The highest BCUT2D eigenvalue weighted by Crippen LogP contribution is 2.22. The topological polar surface area (TPSA) is 73.7 Å². The zero-order valence-corrected chi connectivity index (χ0v) is 16.1. The number of rotatable bonds is 4. The van der Waals surface area contributed by atoms with Gasteiger partial charge in [-0.15, -0.1) is 0 Å². The lowest BCUT2D eigenvalue weighted by Crippen LogP contribution is -2.41. The Kier molecular flexibility index (Phi) is 9.48. The molecule has 0 atom stereocenters. The van der Waals surface area contributed by atoms with Crippen LogP contribution in [0.15, 0.2) is 24.5 Å². The average molecular weight is 380 g/mol. The highest BCUT2D eigenvalue weighted by Gasteiger charge is 2.25. The lowest BCUT2D eigenvalue weighted by atomic mass is 10.1. The molecule has 0 aromatic carbocycles. The molecular formula is C19H29N3O3S. The standard InChI is InChI=1S/C18H27N3OS.CH2O2/c22-18(5-4-16-3-1-8-19-15-16)21-10-2-9-20(11-12-21)17-6-13-23-14-7-17;2-1-3/h1,3,8,15,17H,2,4-7,9-14H2;1H,(H,2,3). The van der Waals surface area contributed by atoms with Crippen LogP contribution in [0.4, 0.5) is 0 Å². The van der Waals surface area contributed by atoms with E-state index in [1.54, 1.807) is 6.20 Å². The van der Waals surface area contributed by atoms with Crippen molar-refractivity contribution in [3.8, 4) is 0 Å². The first-order chi connectivity index (χ1) is 12.7. The number of carbonyl (C=O) groups excluding carboxylic acids is 1. The molecule has 0 bridgehead atoms. The average Bonchev–Trinajstić information content (AvgIpc) is 2.95. The van der Waals surface area contributed by atoms with E-state index in [0.717, 1.165) is 50.6 Å². The molecule has 2 aliphatic rings. The normalized spacial score (nSPS) is 19.2. The van der Waals surface area contributed by atoms with Crippen LogP contribution in [0.5, 0.6) is 0 Å². The van der Waals surface area contributed by atoms with E-state index in [-0.39, 0.29) is 6.47 Å². The Bertz CT molecular complexity index is 538. The molecule has 1 aromatic rings. The summed E-state index contributed by atoms with van der Waals surface area (Å²) in [5.41, 5.74) is 1.15. The van der Waals surface area contributed by atoms with Crippen molar-refractivity contribution in [2.24, 2.45) is 0 Å². The number of carbonyl (C=O) groups is 2. The molecule has 1 aromatic heterocycles. The maximum Gasteiger partial charge on any atom is 0.290 e. The zero-order valence-electron chi connectivity index (χ0n) is 15.3. The third kappa shape index (κ3) is 6.96. The first-order valence-corrected chi connectivity index (χ1v) is 10.5. The predicted molar refractivity (Wildman–Crippen MR) is 104 cm³/mol. The molecule has 3 rings (SSSR count). The summed E-state index contributed by atoms with van der Waals surface area (Å²) in [7, 11) is 0. The fraction of sp³-hybridized carbons (Fsp3) is 0.632. The van der Waals surface area contributed by atoms with Crippen LogP contribution in [0, 0.1) is 0 Å². The van der Waals surface area contributed by atoms with Crippen molar-refractivity contribution >= 4 is 24.1 Å². The van der Waals surface area contributed by atoms with Gasteiger partial charge in [-0.05, 0) is 48.8 Å². The number of carboxylic acid groups (broad SMARTS) is 1. The summed E-state index contributed by atoms with van der Waals surface area (Å²) in [5, 5.41) is 6.89. The minimum atomic E-state index is -0.250. The van der Waals surface area contributed by atoms with Gasteiger partial charge in [0.2, 0.25) is 5.91 Å². The number of amides is 1. The van der Waals surface area contributed by atoms with Gasteiger partial charge in [0.15, 0.2) is 0 Å². The minimum Gasteiger partial charge on any atom is -0.483 e. The Morgan fingerprint density at radius 2 is 2.04 bits per heavy atom. The van der Waals surface area contributed by atoms with Gasteiger partial charge in [-0.1, -0.05) is 6.07 Å². The van der Waals surface area contributed by atoms with E-state index < -0.39 is 0 Å². The van der Waals surface area contributed by atoms with Crippen molar-refractivity contribution in [1.82, 2.24) is 14.8 Å². The predicted octanol–water partition coefficient (Wildman–Crippen LogP) is 2.14. The van der Waals surface area contributed by atoms with Gasteiger partial charge in [0.25, 0.3) is 6.47 Å². The van der Waals surface area contributed by atoms with Crippen LogP contribution in [-0.2, 0) is 16.0 Å². The molecule has 1 N–H and O–H groups in total. The molecule has 0 unspecified atom stereocenters. The number of hydrogen-bond acceptors (Lipinski definition) is 5. The minimum absolute atomic E-state index is 0.250. The van der Waals surface area contributed by atoms with Gasteiger partial charge in [0.1, 0.15) is 0 Å². The summed E-state index contributed by atoms with van der Waals surface area (Å²) < 4.78 is 0. The molecule has 6 nitrogen and oxygen atoms in total. The fourth-order valence-electron chi connectivity index (χ4n) is 3.56. The second-order valence-corrected chi connectivity index (χ2v) is 7.81. The molecule has 3 heterocycles. The number of thioether (sulfide) groups is 1. The van der Waals surface area contributed by atoms with E-state index in [1.165, 1.54) is 24.3 Å². The Labute approximate surface area is 160 Å². The van der Waals surface area contributed by atoms with Gasteiger partial charge < -0.3 is 10.0 Å². The van der Waals surface area contributed by atoms with Crippen molar-refractivity contribution in [3.05, 3.63) is 30.1 Å². The van der Waals surface area contributed by atoms with Crippen LogP contribution in [-0.4, -0.2) is 76.0 Å². The number of aromatic nitrogens is 1.